The van der Waals surface area contributed by atoms with Gasteiger partial charge in [-0.1, -0.05) is 48.5 Å². The second-order valence-corrected chi connectivity index (χ2v) is 10.9. The van der Waals surface area contributed by atoms with Crippen LogP contribution in [0.3, 0.4) is 0 Å². The van der Waals surface area contributed by atoms with Gasteiger partial charge in [-0.05, 0) is 67.7 Å². The summed E-state index contributed by atoms with van der Waals surface area (Å²) in [5.41, 5.74) is 4.52. The Hall–Kier alpha value is -2.98. The molecule has 0 radical (unpaired) electrons. The number of rotatable bonds is 12. The highest BCUT2D eigenvalue weighted by atomic mass is 16.7. The van der Waals surface area contributed by atoms with Crippen LogP contribution in [-0.4, -0.2) is 69.8 Å². The second kappa shape index (κ2) is 14.8. The molecule has 0 saturated carbocycles. The zero-order valence-corrected chi connectivity index (χ0v) is 23.8. The van der Waals surface area contributed by atoms with E-state index in [1.54, 1.807) is 0 Å². The molecule has 41 heavy (non-hydrogen) atoms. The molecule has 5 rings (SSSR count). The molecule has 2 aromatic rings. The van der Waals surface area contributed by atoms with Gasteiger partial charge in [-0.15, -0.1) is 0 Å². The van der Waals surface area contributed by atoms with E-state index in [4.69, 9.17) is 28.4 Å². The molecule has 2 aromatic carbocycles. The molecule has 1 aliphatic carbocycles. The summed E-state index contributed by atoms with van der Waals surface area (Å²) in [6.45, 7) is 3.69. The Bertz CT molecular complexity index is 1100. The lowest BCUT2D eigenvalue weighted by molar-refractivity contribution is -0.191. The monoisotopic (exact) mass is 567 g/mol. The van der Waals surface area contributed by atoms with Crippen LogP contribution in [0.25, 0.3) is 11.1 Å². The summed E-state index contributed by atoms with van der Waals surface area (Å²) in [5, 5.41) is 2.66. The number of hydrogen-bond acceptors (Lipinski definition) is 8. The van der Waals surface area contributed by atoms with Gasteiger partial charge in [-0.3, -0.25) is 0 Å². The first-order valence-electron chi connectivity index (χ1n) is 14.9. The van der Waals surface area contributed by atoms with Crippen LogP contribution in [0.4, 0.5) is 4.79 Å². The maximum Gasteiger partial charge on any atom is 0.407 e. The van der Waals surface area contributed by atoms with Gasteiger partial charge in [-0.25, -0.2) is 9.59 Å². The Morgan fingerprint density at radius 3 is 2.17 bits per heavy atom. The number of hydrogen-bond donors (Lipinski definition) is 1. The van der Waals surface area contributed by atoms with Crippen molar-refractivity contribution in [3.8, 4) is 11.1 Å². The summed E-state index contributed by atoms with van der Waals surface area (Å²) in [5.74, 6) is -0.689. The largest absolute Gasteiger partial charge is 0.449 e. The van der Waals surface area contributed by atoms with Crippen LogP contribution in [0.15, 0.2) is 48.5 Å². The van der Waals surface area contributed by atoms with Crippen molar-refractivity contribution in [3.63, 3.8) is 0 Å². The zero-order chi connectivity index (χ0) is 28.4. The van der Waals surface area contributed by atoms with E-state index in [-0.39, 0.29) is 31.5 Å². The van der Waals surface area contributed by atoms with E-state index < -0.39 is 24.4 Å². The maximum atomic E-state index is 13.0. The Labute approximate surface area is 241 Å². The van der Waals surface area contributed by atoms with Gasteiger partial charge >= 0.3 is 12.1 Å². The third-order valence-corrected chi connectivity index (χ3v) is 7.78. The van der Waals surface area contributed by atoms with Gasteiger partial charge in [0.15, 0.2) is 12.3 Å². The number of esters is 1. The van der Waals surface area contributed by atoms with Crippen LogP contribution in [0.5, 0.6) is 0 Å². The van der Waals surface area contributed by atoms with E-state index in [1.807, 2.05) is 31.2 Å². The number of amides is 1. The van der Waals surface area contributed by atoms with Crippen molar-refractivity contribution >= 4 is 12.1 Å². The van der Waals surface area contributed by atoms with E-state index in [0.29, 0.717) is 26.1 Å². The lowest BCUT2D eigenvalue weighted by atomic mass is 9.98. The Kier molecular flexibility index (Phi) is 10.6. The molecule has 9 heteroatoms. The lowest BCUT2D eigenvalue weighted by Gasteiger charge is -2.26. The molecule has 222 valence electrons. The summed E-state index contributed by atoms with van der Waals surface area (Å²) in [6.07, 6.45) is 4.61. The van der Waals surface area contributed by atoms with Crippen molar-refractivity contribution in [3.05, 3.63) is 59.7 Å². The summed E-state index contributed by atoms with van der Waals surface area (Å²) in [7, 11) is 0. The van der Waals surface area contributed by atoms with Gasteiger partial charge in [0.25, 0.3) is 0 Å². The Balaban J connectivity index is 1.14. The molecular formula is C32H41NO8. The molecule has 1 N–H and O–H groups in total. The van der Waals surface area contributed by atoms with Gasteiger partial charge in [0.1, 0.15) is 6.61 Å². The predicted molar refractivity (Wildman–Crippen MR) is 151 cm³/mol. The maximum absolute atomic E-state index is 13.0. The smallest absolute Gasteiger partial charge is 0.407 e. The SMILES string of the molecule is C[C@@H](CCOC[C@H](NC(=O)OCC1c2ccccc2-c2ccccc21)C(=O)OC1CCCCO1)OC1CCCCO1. The molecule has 0 bridgehead atoms. The van der Waals surface area contributed by atoms with E-state index in [2.05, 4.69) is 29.6 Å². The minimum absolute atomic E-state index is 0.0532. The molecule has 3 aliphatic rings. The minimum atomic E-state index is -1.03. The molecule has 1 amide bonds. The van der Waals surface area contributed by atoms with Crippen molar-refractivity contribution in [2.45, 2.75) is 82.5 Å². The number of carbonyl (C=O) groups is 2. The highest BCUT2D eigenvalue weighted by Crippen LogP contribution is 2.44. The summed E-state index contributed by atoms with van der Waals surface area (Å²) < 4.78 is 34.2. The third-order valence-electron chi connectivity index (χ3n) is 7.78. The van der Waals surface area contributed by atoms with Gasteiger partial charge in [0, 0.05) is 25.6 Å². The van der Waals surface area contributed by atoms with Crippen molar-refractivity contribution in [1.29, 1.82) is 0 Å². The highest BCUT2D eigenvalue weighted by molar-refractivity contribution is 5.82. The van der Waals surface area contributed by atoms with Crippen LogP contribution >= 0.6 is 0 Å². The molecule has 2 heterocycles. The Morgan fingerprint density at radius 1 is 0.902 bits per heavy atom. The van der Waals surface area contributed by atoms with Gasteiger partial charge in [-0.2, -0.15) is 0 Å². The van der Waals surface area contributed by atoms with E-state index in [9.17, 15) is 9.59 Å². The molecule has 0 spiro atoms. The fraction of sp³-hybridized carbons (Fsp3) is 0.562. The number of nitrogens with one attached hydrogen (secondary N) is 1. The fourth-order valence-electron chi connectivity index (χ4n) is 5.56. The second-order valence-electron chi connectivity index (χ2n) is 10.9. The van der Waals surface area contributed by atoms with E-state index in [1.165, 1.54) is 0 Å². The van der Waals surface area contributed by atoms with Crippen molar-refractivity contribution in [1.82, 2.24) is 5.32 Å². The summed E-state index contributed by atoms with van der Waals surface area (Å²) in [4.78, 5) is 26.0. The molecule has 2 unspecified atom stereocenters. The standard InChI is InChI=1S/C32H41NO8/c1-22(40-29-14-6-8-17-37-29)16-19-36-21-28(31(34)41-30-15-7-9-18-38-30)33-32(35)39-20-27-25-12-4-2-10-23(25)24-11-3-5-13-26(24)27/h2-5,10-13,22,27-30H,6-9,14-21H2,1H3,(H,33,35)/t22-,28-,29?,30?/m0/s1. The van der Waals surface area contributed by atoms with E-state index in [0.717, 1.165) is 61.0 Å². The quantitative estimate of drug-likeness (QED) is 0.272. The average molecular weight is 568 g/mol. The first-order chi connectivity index (χ1) is 20.1. The first-order valence-corrected chi connectivity index (χ1v) is 14.9. The molecular weight excluding hydrogens is 526 g/mol. The number of benzene rings is 2. The van der Waals surface area contributed by atoms with Crippen LogP contribution in [0, 0.1) is 0 Å². The molecule has 9 nitrogen and oxygen atoms in total. The summed E-state index contributed by atoms with van der Waals surface area (Å²) >= 11 is 0. The van der Waals surface area contributed by atoms with Gasteiger partial charge < -0.3 is 33.7 Å². The van der Waals surface area contributed by atoms with Crippen molar-refractivity contribution in [2.75, 3.05) is 33.0 Å². The molecule has 0 aromatic heterocycles. The van der Waals surface area contributed by atoms with Crippen LogP contribution in [-0.2, 0) is 33.2 Å². The predicted octanol–water partition coefficient (Wildman–Crippen LogP) is 5.30. The topological polar surface area (TPSA) is 102 Å². The highest BCUT2D eigenvalue weighted by Gasteiger charge is 2.31. The number of carbonyl (C=O) groups excluding carboxylic acids is 2. The van der Waals surface area contributed by atoms with Crippen molar-refractivity contribution in [2.24, 2.45) is 0 Å². The van der Waals surface area contributed by atoms with Crippen molar-refractivity contribution < 1.29 is 38.0 Å². The normalized spacial score (nSPS) is 21.8. The number of fused-ring (bicyclic) bond motifs is 3. The van der Waals surface area contributed by atoms with Crippen LogP contribution in [0.1, 0.15) is 68.9 Å². The van der Waals surface area contributed by atoms with E-state index >= 15 is 0 Å². The Morgan fingerprint density at radius 2 is 1.54 bits per heavy atom. The summed E-state index contributed by atoms with van der Waals surface area (Å²) in [6, 6.07) is 15.2. The van der Waals surface area contributed by atoms with Gasteiger partial charge in [0.05, 0.1) is 19.3 Å². The number of alkyl carbamates (subject to hydrolysis) is 1. The zero-order valence-electron chi connectivity index (χ0n) is 23.8. The fourth-order valence-corrected chi connectivity index (χ4v) is 5.56. The molecule has 2 aliphatic heterocycles. The average Bonchev–Trinajstić information content (AvgIpc) is 3.32. The van der Waals surface area contributed by atoms with Crippen LogP contribution < -0.4 is 5.32 Å². The number of ether oxygens (including phenoxy) is 6. The molecule has 2 saturated heterocycles. The first kappa shape index (κ1) is 29.5. The lowest BCUT2D eigenvalue weighted by Crippen LogP contribution is -2.47. The third kappa shape index (κ3) is 8.07. The van der Waals surface area contributed by atoms with Crippen LogP contribution in [0.2, 0.25) is 0 Å². The molecule has 4 atom stereocenters. The van der Waals surface area contributed by atoms with Gasteiger partial charge in [0.2, 0.25) is 6.29 Å². The molecule has 2 fully saturated rings. The minimum Gasteiger partial charge on any atom is -0.449 e.